The minimum absolute atomic E-state index is 0.0499. The lowest BCUT2D eigenvalue weighted by atomic mass is 10.1. The quantitative estimate of drug-likeness (QED) is 0.216. The fourth-order valence-corrected chi connectivity index (χ4v) is 3.81. The summed E-state index contributed by atoms with van der Waals surface area (Å²) >= 11 is 3.85. The third-order valence-electron chi connectivity index (χ3n) is 2.86. The number of hydrogen-bond acceptors (Lipinski definition) is 4. The molecule has 0 saturated carbocycles. The van der Waals surface area contributed by atoms with Crippen molar-refractivity contribution in [3.63, 3.8) is 0 Å². The molecular weight excluding hydrogens is 557 g/mol. The summed E-state index contributed by atoms with van der Waals surface area (Å²) in [5.74, 6) is -0.330. The molecule has 2 aromatic rings. The van der Waals surface area contributed by atoms with Crippen molar-refractivity contribution in [2.24, 2.45) is 0 Å². The molecule has 0 spiro atoms. The van der Waals surface area contributed by atoms with Gasteiger partial charge >= 0.3 is 11.9 Å². The zero-order chi connectivity index (χ0) is 18.1. The molecule has 2 aromatic carbocycles. The van der Waals surface area contributed by atoms with Gasteiger partial charge in [-0.3, -0.25) is 14.9 Å². The third-order valence-corrected chi connectivity index (χ3v) is 4.28. The number of rotatable bonds is 4. The summed E-state index contributed by atoms with van der Waals surface area (Å²) in [5.41, 5.74) is -1.86. The van der Waals surface area contributed by atoms with Crippen LogP contribution >= 0.6 is 45.2 Å². The van der Waals surface area contributed by atoms with Crippen molar-refractivity contribution in [2.45, 2.75) is 6.18 Å². The highest BCUT2D eigenvalue weighted by atomic mass is 127. The summed E-state index contributed by atoms with van der Waals surface area (Å²) in [6.07, 6.45) is -4.20. The number of ether oxygens (including phenoxy) is 1. The molecule has 0 aliphatic carbocycles. The zero-order valence-electron chi connectivity index (χ0n) is 11.4. The topological polar surface area (TPSA) is 69.4 Å². The molecule has 0 aliphatic rings. The van der Waals surface area contributed by atoms with E-state index in [4.69, 9.17) is 4.74 Å². The van der Waals surface area contributed by atoms with E-state index in [0.29, 0.717) is 22.0 Å². The lowest BCUT2D eigenvalue weighted by Crippen LogP contribution is -2.06. The average Bonchev–Trinajstić information content (AvgIpc) is 2.48. The van der Waals surface area contributed by atoms with Gasteiger partial charge in [-0.25, -0.2) is 0 Å². The maximum Gasteiger partial charge on any atom is 0.416 e. The van der Waals surface area contributed by atoms with Crippen LogP contribution in [-0.4, -0.2) is 11.2 Å². The Balaban J connectivity index is 2.55. The van der Waals surface area contributed by atoms with Gasteiger partial charge in [0.25, 0.3) is 0 Å². The van der Waals surface area contributed by atoms with Gasteiger partial charge in [-0.2, -0.15) is 13.2 Å². The first-order valence-electron chi connectivity index (χ1n) is 6.11. The highest BCUT2D eigenvalue weighted by Gasteiger charge is 2.33. The van der Waals surface area contributed by atoms with Crippen LogP contribution in [0.4, 0.5) is 18.9 Å². The standard InChI is InChI=1S/C14H6F3I2NO4/c15-14(16,17)8-1-2-12(11(4-8)20(22)23)24-13-7(6-21)3-9(18)5-10(13)19/h1-6H. The van der Waals surface area contributed by atoms with Crippen molar-refractivity contribution < 1.29 is 27.6 Å². The van der Waals surface area contributed by atoms with Gasteiger partial charge in [0.1, 0.15) is 0 Å². The first-order valence-corrected chi connectivity index (χ1v) is 8.27. The molecule has 126 valence electrons. The number of carbonyl (C=O) groups excluding carboxylic acids is 1. The average molecular weight is 563 g/mol. The summed E-state index contributed by atoms with van der Waals surface area (Å²) in [4.78, 5) is 21.3. The predicted octanol–water partition coefficient (Wildman–Crippen LogP) is 5.43. The van der Waals surface area contributed by atoms with E-state index in [9.17, 15) is 28.1 Å². The molecule has 0 saturated heterocycles. The second-order valence-electron chi connectivity index (χ2n) is 4.46. The molecule has 0 heterocycles. The maximum absolute atomic E-state index is 12.7. The Hall–Kier alpha value is -1.44. The predicted molar refractivity (Wildman–Crippen MR) is 95.4 cm³/mol. The Kier molecular flexibility index (Phi) is 5.67. The summed E-state index contributed by atoms with van der Waals surface area (Å²) < 4.78 is 44.8. The van der Waals surface area contributed by atoms with Crippen molar-refractivity contribution in [3.05, 3.63) is 58.7 Å². The van der Waals surface area contributed by atoms with Crippen molar-refractivity contribution in [3.8, 4) is 11.5 Å². The molecule has 5 nitrogen and oxygen atoms in total. The van der Waals surface area contributed by atoms with Crippen LogP contribution in [0.15, 0.2) is 30.3 Å². The molecule has 24 heavy (non-hydrogen) atoms. The van der Waals surface area contributed by atoms with Crippen LogP contribution in [0, 0.1) is 17.3 Å². The van der Waals surface area contributed by atoms with Gasteiger partial charge in [-0.15, -0.1) is 0 Å². The molecular formula is C14H6F3I2NO4. The van der Waals surface area contributed by atoms with E-state index in [0.717, 1.165) is 9.64 Å². The van der Waals surface area contributed by atoms with E-state index in [-0.39, 0.29) is 17.1 Å². The van der Waals surface area contributed by atoms with Gasteiger partial charge in [-0.05, 0) is 69.4 Å². The van der Waals surface area contributed by atoms with Gasteiger partial charge < -0.3 is 4.74 Å². The zero-order valence-corrected chi connectivity index (χ0v) is 15.7. The van der Waals surface area contributed by atoms with E-state index < -0.39 is 22.4 Å². The first-order chi connectivity index (χ1) is 11.1. The van der Waals surface area contributed by atoms with Gasteiger partial charge in [-0.1, -0.05) is 0 Å². The normalized spacial score (nSPS) is 11.2. The molecule has 2 rings (SSSR count). The van der Waals surface area contributed by atoms with Crippen LogP contribution in [-0.2, 0) is 6.18 Å². The molecule has 0 unspecified atom stereocenters. The minimum Gasteiger partial charge on any atom is -0.448 e. The number of nitrogens with zero attached hydrogens (tertiary/aromatic N) is 1. The lowest BCUT2D eigenvalue weighted by molar-refractivity contribution is -0.385. The molecule has 10 heteroatoms. The number of hydrogen-bond donors (Lipinski definition) is 0. The van der Waals surface area contributed by atoms with E-state index in [1.165, 1.54) is 6.07 Å². The number of aldehydes is 1. The van der Waals surface area contributed by atoms with E-state index >= 15 is 0 Å². The number of nitro benzene ring substituents is 1. The van der Waals surface area contributed by atoms with Crippen molar-refractivity contribution >= 4 is 57.2 Å². The van der Waals surface area contributed by atoms with Crippen molar-refractivity contribution in [1.82, 2.24) is 0 Å². The number of benzene rings is 2. The van der Waals surface area contributed by atoms with Crippen LogP contribution in [0.3, 0.4) is 0 Å². The van der Waals surface area contributed by atoms with Crippen LogP contribution in [0.2, 0.25) is 0 Å². The number of carbonyl (C=O) groups is 1. The summed E-state index contributed by atoms with van der Waals surface area (Å²) in [6.45, 7) is 0. The number of halogens is 5. The second kappa shape index (κ2) is 7.21. The van der Waals surface area contributed by atoms with Crippen LogP contribution in [0.5, 0.6) is 11.5 Å². The largest absolute Gasteiger partial charge is 0.448 e. The molecule has 0 aliphatic heterocycles. The fraction of sp³-hybridized carbons (Fsp3) is 0.0714. The number of nitro groups is 1. The first kappa shape index (κ1) is 18.9. The monoisotopic (exact) mass is 563 g/mol. The Morgan fingerprint density at radius 2 is 1.83 bits per heavy atom. The molecule has 0 N–H and O–H groups in total. The van der Waals surface area contributed by atoms with Gasteiger partial charge in [0.15, 0.2) is 12.0 Å². The van der Waals surface area contributed by atoms with E-state index in [2.05, 4.69) is 0 Å². The summed E-state index contributed by atoms with van der Waals surface area (Å²) in [7, 11) is 0. The lowest BCUT2D eigenvalue weighted by Gasteiger charge is -2.12. The Labute approximate surface area is 160 Å². The smallest absolute Gasteiger partial charge is 0.416 e. The molecule has 0 radical (unpaired) electrons. The van der Waals surface area contributed by atoms with Gasteiger partial charge in [0, 0.05) is 9.64 Å². The molecule has 0 atom stereocenters. The fourth-order valence-electron chi connectivity index (χ4n) is 1.81. The van der Waals surface area contributed by atoms with E-state index in [1.54, 1.807) is 6.07 Å². The van der Waals surface area contributed by atoms with Crippen LogP contribution in [0.1, 0.15) is 15.9 Å². The Morgan fingerprint density at radius 3 is 2.38 bits per heavy atom. The molecule has 0 bridgehead atoms. The molecule has 0 fully saturated rings. The van der Waals surface area contributed by atoms with Gasteiger partial charge in [0.2, 0.25) is 5.75 Å². The van der Waals surface area contributed by atoms with Crippen molar-refractivity contribution in [1.29, 1.82) is 0 Å². The minimum atomic E-state index is -4.71. The summed E-state index contributed by atoms with van der Waals surface area (Å²) in [5, 5.41) is 11.1. The highest BCUT2D eigenvalue weighted by Crippen LogP contribution is 2.39. The SMILES string of the molecule is O=Cc1cc(I)cc(I)c1Oc1ccc(C(F)(F)F)cc1[N+](=O)[O-]. The van der Waals surface area contributed by atoms with Crippen LogP contribution < -0.4 is 4.74 Å². The molecule has 0 amide bonds. The number of alkyl halides is 3. The summed E-state index contributed by atoms with van der Waals surface area (Å²) in [6, 6.07) is 5.11. The third kappa shape index (κ3) is 4.15. The maximum atomic E-state index is 12.7. The Bertz CT molecular complexity index is 824. The highest BCUT2D eigenvalue weighted by molar-refractivity contribution is 14.1. The van der Waals surface area contributed by atoms with Gasteiger partial charge in [0.05, 0.1) is 19.6 Å². The Morgan fingerprint density at radius 1 is 1.17 bits per heavy atom. The van der Waals surface area contributed by atoms with E-state index in [1.807, 2.05) is 45.2 Å². The molecule has 0 aromatic heterocycles. The van der Waals surface area contributed by atoms with Crippen molar-refractivity contribution in [2.75, 3.05) is 0 Å². The second-order valence-corrected chi connectivity index (χ2v) is 6.87. The van der Waals surface area contributed by atoms with Crippen LogP contribution in [0.25, 0.3) is 0 Å².